The molecule has 7 heteroatoms. The smallest absolute Gasteiger partial charge is 0.252 e. The first-order valence-electron chi connectivity index (χ1n) is 6.04. The van der Waals surface area contributed by atoms with Crippen molar-refractivity contribution in [2.75, 3.05) is 26.8 Å². The summed E-state index contributed by atoms with van der Waals surface area (Å²) in [6, 6.07) is 4.21. The first-order valence-corrected chi connectivity index (χ1v) is 6.83. The quantitative estimate of drug-likeness (QED) is 0.734. The molecule has 110 valence electrons. The third kappa shape index (κ3) is 5.26. The van der Waals surface area contributed by atoms with Crippen LogP contribution in [0.3, 0.4) is 0 Å². The van der Waals surface area contributed by atoms with Crippen LogP contribution in [0.5, 0.6) is 0 Å². The largest absolute Gasteiger partial charge is 0.383 e. The van der Waals surface area contributed by atoms with Crippen molar-refractivity contribution in [2.24, 2.45) is 0 Å². The highest BCUT2D eigenvalue weighted by Gasteiger charge is 2.12. The second-order valence-electron chi connectivity index (χ2n) is 3.95. The molecule has 1 rings (SSSR count). The number of nitrogens with one attached hydrogen (secondary N) is 2. The molecule has 2 N–H and O–H groups in total. The van der Waals surface area contributed by atoms with E-state index in [1.807, 2.05) is 0 Å². The topological polar surface area (TPSA) is 67.4 Å². The maximum absolute atomic E-state index is 13.3. The minimum absolute atomic E-state index is 0.113. The number of ether oxygens (including phenoxy) is 1. The first kappa shape index (κ1) is 16.6. The van der Waals surface area contributed by atoms with Crippen molar-refractivity contribution >= 4 is 27.7 Å². The van der Waals surface area contributed by atoms with Crippen molar-refractivity contribution in [1.82, 2.24) is 10.6 Å². The molecule has 0 aromatic heterocycles. The predicted octanol–water partition coefficient (Wildman–Crippen LogP) is 1.47. The summed E-state index contributed by atoms with van der Waals surface area (Å²) >= 11 is 3.01. The Hall–Kier alpha value is -1.47. The van der Waals surface area contributed by atoms with Gasteiger partial charge in [-0.1, -0.05) is 6.07 Å². The van der Waals surface area contributed by atoms with Gasteiger partial charge in [0.2, 0.25) is 5.91 Å². The van der Waals surface area contributed by atoms with Crippen LogP contribution >= 0.6 is 15.9 Å². The zero-order valence-electron chi connectivity index (χ0n) is 11.0. The Labute approximate surface area is 125 Å². The molecule has 0 aliphatic rings. The molecule has 20 heavy (non-hydrogen) atoms. The molecular weight excluding hydrogens is 331 g/mol. The van der Waals surface area contributed by atoms with E-state index in [9.17, 15) is 14.0 Å². The van der Waals surface area contributed by atoms with Gasteiger partial charge in [0.15, 0.2) is 0 Å². The minimum atomic E-state index is -0.505. The van der Waals surface area contributed by atoms with Crippen LogP contribution in [0.25, 0.3) is 0 Å². The maximum atomic E-state index is 13.3. The van der Waals surface area contributed by atoms with Crippen molar-refractivity contribution in [3.63, 3.8) is 0 Å². The number of methoxy groups -OCH3 is 1. The number of hydrogen-bond acceptors (Lipinski definition) is 3. The molecule has 0 aliphatic heterocycles. The van der Waals surface area contributed by atoms with Gasteiger partial charge >= 0.3 is 0 Å². The first-order chi connectivity index (χ1) is 9.56. The summed E-state index contributed by atoms with van der Waals surface area (Å²) in [6.07, 6.45) is 0.155. The average molecular weight is 347 g/mol. The highest BCUT2D eigenvalue weighted by molar-refractivity contribution is 9.10. The van der Waals surface area contributed by atoms with Gasteiger partial charge in [-0.25, -0.2) is 4.39 Å². The van der Waals surface area contributed by atoms with Crippen LogP contribution in [0.2, 0.25) is 0 Å². The highest BCUT2D eigenvalue weighted by Crippen LogP contribution is 2.20. The van der Waals surface area contributed by atoms with Gasteiger partial charge in [-0.3, -0.25) is 9.59 Å². The van der Waals surface area contributed by atoms with E-state index < -0.39 is 11.7 Å². The van der Waals surface area contributed by atoms with E-state index in [-0.39, 0.29) is 28.9 Å². The summed E-state index contributed by atoms with van der Waals surface area (Å²) in [5.74, 6) is -1.11. The van der Waals surface area contributed by atoms with Gasteiger partial charge < -0.3 is 15.4 Å². The second kappa shape index (κ2) is 8.65. The molecule has 0 bridgehead atoms. The van der Waals surface area contributed by atoms with E-state index >= 15 is 0 Å². The Morgan fingerprint density at radius 3 is 2.75 bits per heavy atom. The van der Waals surface area contributed by atoms with Crippen molar-refractivity contribution in [3.8, 4) is 0 Å². The van der Waals surface area contributed by atoms with Crippen LogP contribution in [0.4, 0.5) is 4.39 Å². The molecule has 0 atom stereocenters. The van der Waals surface area contributed by atoms with Gasteiger partial charge in [0.1, 0.15) is 5.82 Å². The van der Waals surface area contributed by atoms with Gasteiger partial charge in [-0.15, -0.1) is 0 Å². The summed E-state index contributed by atoms with van der Waals surface area (Å²) in [6.45, 7) is 1.05. The van der Waals surface area contributed by atoms with Crippen LogP contribution < -0.4 is 10.6 Å². The van der Waals surface area contributed by atoms with E-state index in [1.54, 1.807) is 7.11 Å². The molecule has 0 saturated carbocycles. The van der Waals surface area contributed by atoms with E-state index in [0.717, 1.165) is 0 Å². The fourth-order valence-electron chi connectivity index (χ4n) is 1.44. The van der Waals surface area contributed by atoms with Crippen molar-refractivity contribution in [1.29, 1.82) is 0 Å². The monoisotopic (exact) mass is 346 g/mol. The molecule has 0 unspecified atom stereocenters. The number of amides is 2. The third-order valence-corrected chi connectivity index (χ3v) is 3.27. The summed E-state index contributed by atoms with van der Waals surface area (Å²) in [7, 11) is 1.54. The maximum Gasteiger partial charge on any atom is 0.252 e. The van der Waals surface area contributed by atoms with Gasteiger partial charge in [0.05, 0.1) is 16.6 Å². The Bertz CT molecular complexity index is 483. The lowest BCUT2D eigenvalue weighted by Crippen LogP contribution is -2.32. The van der Waals surface area contributed by atoms with Crippen LogP contribution in [-0.2, 0) is 9.53 Å². The number of rotatable bonds is 7. The SMILES string of the molecule is COCCNC(=O)CCNC(=O)c1cccc(F)c1Br. The molecule has 0 saturated heterocycles. The number of carbonyl (C=O) groups excluding carboxylic acids is 2. The summed E-state index contributed by atoms with van der Waals surface area (Å²) in [4.78, 5) is 23.2. The Morgan fingerprint density at radius 2 is 2.05 bits per heavy atom. The zero-order valence-corrected chi connectivity index (χ0v) is 12.6. The molecule has 0 heterocycles. The Kier molecular flexibility index (Phi) is 7.17. The third-order valence-electron chi connectivity index (χ3n) is 2.46. The lowest BCUT2D eigenvalue weighted by atomic mass is 10.2. The summed E-state index contributed by atoms with van der Waals surface area (Å²) < 4.78 is 18.2. The Balaban J connectivity index is 2.37. The van der Waals surface area contributed by atoms with E-state index in [2.05, 4.69) is 26.6 Å². The molecule has 5 nitrogen and oxygen atoms in total. The van der Waals surface area contributed by atoms with Crippen LogP contribution in [0.15, 0.2) is 22.7 Å². The van der Waals surface area contributed by atoms with Crippen molar-refractivity contribution < 1.29 is 18.7 Å². The highest BCUT2D eigenvalue weighted by atomic mass is 79.9. The standard InChI is InChI=1S/C13H16BrFN2O3/c1-20-8-7-16-11(18)5-6-17-13(19)9-3-2-4-10(15)12(9)14/h2-4H,5-8H2,1H3,(H,16,18)(H,17,19). The minimum Gasteiger partial charge on any atom is -0.383 e. The normalized spacial score (nSPS) is 10.2. The van der Waals surface area contributed by atoms with E-state index in [1.165, 1.54) is 18.2 Å². The van der Waals surface area contributed by atoms with Crippen LogP contribution in [0.1, 0.15) is 16.8 Å². The molecule has 0 aliphatic carbocycles. The van der Waals surface area contributed by atoms with Gasteiger partial charge in [0.25, 0.3) is 5.91 Å². The zero-order chi connectivity index (χ0) is 15.0. The fourth-order valence-corrected chi connectivity index (χ4v) is 1.89. The van der Waals surface area contributed by atoms with Crippen molar-refractivity contribution in [3.05, 3.63) is 34.1 Å². The summed E-state index contributed by atoms with van der Waals surface area (Å²) in [5.41, 5.74) is 0.199. The van der Waals surface area contributed by atoms with E-state index in [0.29, 0.717) is 13.2 Å². The van der Waals surface area contributed by atoms with Gasteiger partial charge in [-0.05, 0) is 28.1 Å². The molecule has 0 fully saturated rings. The molecule has 0 radical (unpaired) electrons. The molecular formula is C13H16BrFN2O3. The van der Waals surface area contributed by atoms with Gasteiger partial charge in [-0.2, -0.15) is 0 Å². The number of carbonyl (C=O) groups is 2. The van der Waals surface area contributed by atoms with Crippen LogP contribution in [0, 0.1) is 5.82 Å². The fraction of sp³-hybridized carbons (Fsp3) is 0.385. The molecule has 2 amide bonds. The lowest BCUT2D eigenvalue weighted by molar-refractivity contribution is -0.121. The van der Waals surface area contributed by atoms with E-state index in [4.69, 9.17) is 4.74 Å². The predicted molar refractivity (Wildman–Crippen MR) is 75.9 cm³/mol. The Morgan fingerprint density at radius 1 is 1.30 bits per heavy atom. The second-order valence-corrected chi connectivity index (χ2v) is 4.74. The van der Waals surface area contributed by atoms with Gasteiger partial charge in [0, 0.05) is 26.6 Å². The molecule has 1 aromatic carbocycles. The van der Waals surface area contributed by atoms with Crippen molar-refractivity contribution in [2.45, 2.75) is 6.42 Å². The number of hydrogen-bond donors (Lipinski definition) is 2. The average Bonchev–Trinajstić information content (AvgIpc) is 2.42. The molecule has 0 spiro atoms. The van der Waals surface area contributed by atoms with Crippen LogP contribution in [-0.4, -0.2) is 38.6 Å². The number of halogens is 2. The lowest BCUT2D eigenvalue weighted by Gasteiger charge is -2.08. The summed E-state index contributed by atoms with van der Waals surface area (Å²) in [5, 5.41) is 5.19. The molecule has 1 aromatic rings. The number of benzene rings is 1.